The van der Waals surface area contributed by atoms with E-state index in [0.29, 0.717) is 26.2 Å². The normalized spacial score (nSPS) is 16.1. The van der Waals surface area contributed by atoms with Gasteiger partial charge >= 0.3 is 5.97 Å². The van der Waals surface area contributed by atoms with Gasteiger partial charge in [-0.3, -0.25) is 19.5 Å². The highest BCUT2D eigenvalue weighted by molar-refractivity contribution is 7.10. The minimum Gasteiger partial charge on any atom is -0.463 e. The molecule has 0 saturated carbocycles. The number of ether oxygens (including phenoxy) is 1. The predicted octanol–water partition coefficient (Wildman–Crippen LogP) is 2.77. The molecule has 10 heteroatoms. The molecule has 1 unspecified atom stereocenters. The summed E-state index contributed by atoms with van der Waals surface area (Å²) in [5.41, 5.74) is 1.21. The topological polar surface area (TPSA) is 104 Å². The highest BCUT2D eigenvalue weighted by Gasteiger charge is 2.33. The maximum atomic E-state index is 13.3. The van der Waals surface area contributed by atoms with E-state index in [0.717, 1.165) is 4.88 Å². The van der Waals surface area contributed by atoms with Crippen molar-refractivity contribution in [3.8, 4) is 0 Å². The number of nitro groups is 1. The molecular weight excluding hydrogens is 438 g/mol. The molecule has 0 spiro atoms. The summed E-state index contributed by atoms with van der Waals surface area (Å²) in [5, 5.41) is 12.7. The summed E-state index contributed by atoms with van der Waals surface area (Å²) in [6, 6.07) is 9.08. The van der Waals surface area contributed by atoms with E-state index in [1.54, 1.807) is 32.1 Å². The average Bonchev–Trinajstić information content (AvgIpc) is 3.36. The van der Waals surface area contributed by atoms with Crippen LogP contribution in [0.25, 0.3) is 6.08 Å². The summed E-state index contributed by atoms with van der Waals surface area (Å²) < 4.78 is 7.18. The number of thiazole rings is 1. The SMILES string of the molecule is CCOC(=O)C1=C(C)N=c2s/c(=C\c3ccc([N+](=O)[O-])cc3)c(=O)n2C1c1cccs1. The Hall–Kier alpha value is -3.37. The van der Waals surface area contributed by atoms with Crippen LogP contribution >= 0.6 is 22.7 Å². The Labute approximate surface area is 184 Å². The van der Waals surface area contributed by atoms with Gasteiger partial charge in [0.15, 0.2) is 4.80 Å². The number of benzene rings is 1. The molecule has 1 aromatic carbocycles. The minimum absolute atomic E-state index is 0.0222. The Bertz CT molecular complexity index is 1370. The minimum atomic E-state index is -0.616. The van der Waals surface area contributed by atoms with Crippen LogP contribution in [0.2, 0.25) is 0 Å². The number of nitrogens with zero attached hydrogens (tertiary/aromatic N) is 3. The van der Waals surface area contributed by atoms with Gasteiger partial charge in [-0.2, -0.15) is 0 Å². The maximum Gasteiger partial charge on any atom is 0.338 e. The van der Waals surface area contributed by atoms with Gasteiger partial charge in [0, 0.05) is 17.0 Å². The second-order valence-electron chi connectivity index (χ2n) is 6.67. The van der Waals surface area contributed by atoms with Crippen LogP contribution < -0.4 is 14.9 Å². The number of aromatic nitrogens is 1. The highest BCUT2D eigenvalue weighted by Crippen LogP contribution is 2.33. The molecule has 3 heterocycles. The summed E-state index contributed by atoms with van der Waals surface area (Å²) in [4.78, 5) is 42.3. The van der Waals surface area contributed by atoms with E-state index >= 15 is 0 Å². The molecule has 0 amide bonds. The zero-order valence-electron chi connectivity index (χ0n) is 16.6. The Balaban J connectivity index is 1.88. The number of hydrogen-bond donors (Lipinski definition) is 0. The van der Waals surface area contributed by atoms with E-state index in [4.69, 9.17) is 4.74 Å². The predicted molar refractivity (Wildman–Crippen MR) is 118 cm³/mol. The number of thiophene rings is 1. The molecule has 2 aromatic heterocycles. The van der Waals surface area contributed by atoms with Gasteiger partial charge in [-0.1, -0.05) is 17.4 Å². The molecule has 0 bridgehead atoms. The largest absolute Gasteiger partial charge is 0.463 e. The first kappa shape index (κ1) is 20.9. The number of carbonyl (C=O) groups is 1. The summed E-state index contributed by atoms with van der Waals surface area (Å²) in [7, 11) is 0. The zero-order valence-corrected chi connectivity index (χ0v) is 18.2. The average molecular weight is 456 g/mol. The first-order valence-electron chi connectivity index (χ1n) is 9.38. The Morgan fingerprint density at radius 3 is 2.68 bits per heavy atom. The van der Waals surface area contributed by atoms with Crippen LogP contribution in [-0.4, -0.2) is 22.1 Å². The first-order valence-corrected chi connectivity index (χ1v) is 11.1. The van der Waals surface area contributed by atoms with Crippen LogP contribution in [0.5, 0.6) is 0 Å². The second kappa shape index (κ2) is 8.40. The number of hydrogen-bond acceptors (Lipinski definition) is 8. The van der Waals surface area contributed by atoms with Crippen LogP contribution in [-0.2, 0) is 9.53 Å². The van der Waals surface area contributed by atoms with Crippen LogP contribution in [0.15, 0.2) is 62.8 Å². The van der Waals surface area contributed by atoms with Gasteiger partial charge < -0.3 is 4.74 Å². The Morgan fingerprint density at radius 1 is 1.32 bits per heavy atom. The molecule has 1 atom stereocenters. The summed E-state index contributed by atoms with van der Waals surface area (Å²) in [6.07, 6.45) is 1.67. The number of esters is 1. The molecule has 8 nitrogen and oxygen atoms in total. The lowest BCUT2D eigenvalue weighted by atomic mass is 10.0. The van der Waals surface area contributed by atoms with E-state index < -0.39 is 16.9 Å². The third kappa shape index (κ3) is 3.87. The van der Waals surface area contributed by atoms with Crippen molar-refractivity contribution in [3.63, 3.8) is 0 Å². The van der Waals surface area contributed by atoms with Crippen LogP contribution in [0, 0.1) is 10.1 Å². The number of fused-ring (bicyclic) bond motifs is 1. The molecule has 3 aromatic rings. The van der Waals surface area contributed by atoms with E-state index in [2.05, 4.69) is 4.99 Å². The summed E-state index contributed by atoms with van der Waals surface area (Å²) >= 11 is 2.66. The first-order chi connectivity index (χ1) is 14.9. The number of rotatable bonds is 5. The van der Waals surface area contributed by atoms with Crippen molar-refractivity contribution in [2.24, 2.45) is 4.99 Å². The lowest BCUT2D eigenvalue weighted by molar-refractivity contribution is -0.384. The van der Waals surface area contributed by atoms with Gasteiger partial charge in [-0.05, 0) is 49.1 Å². The highest BCUT2D eigenvalue weighted by atomic mass is 32.1. The smallest absolute Gasteiger partial charge is 0.338 e. The molecule has 1 aliphatic heterocycles. The van der Waals surface area contributed by atoms with Gasteiger partial charge in [0.1, 0.15) is 6.04 Å². The number of carbonyl (C=O) groups excluding carboxylic acids is 1. The molecular formula is C21H17N3O5S2. The fourth-order valence-electron chi connectivity index (χ4n) is 3.35. The van der Waals surface area contributed by atoms with Gasteiger partial charge in [-0.15, -0.1) is 11.3 Å². The van der Waals surface area contributed by atoms with Gasteiger partial charge in [-0.25, -0.2) is 9.79 Å². The third-order valence-corrected chi connectivity index (χ3v) is 6.64. The van der Waals surface area contributed by atoms with E-state index in [9.17, 15) is 19.7 Å². The van der Waals surface area contributed by atoms with Crippen molar-refractivity contribution in [1.29, 1.82) is 0 Å². The lowest BCUT2D eigenvalue weighted by Crippen LogP contribution is -2.39. The van der Waals surface area contributed by atoms with Crippen LogP contribution in [0.4, 0.5) is 5.69 Å². The van der Waals surface area contributed by atoms with E-state index in [1.165, 1.54) is 39.4 Å². The molecule has 31 heavy (non-hydrogen) atoms. The molecule has 0 N–H and O–H groups in total. The summed E-state index contributed by atoms with van der Waals surface area (Å²) in [6.45, 7) is 3.69. The third-order valence-electron chi connectivity index (χ3n) is 4.73. The fourth-order valence-corrected chi connectivity index (χ4v) is 5.22. The lowest BCUT2D eigenvalue weighted by Gasteiger charge is -2.23. The van der Waals surface area contributed by atoms with Crippen LogP contribution in [0.3, 0.4) is 0 Å². The van der Waals surface area contributed by atoms with Crippen molar-refractivity contribution in [3.05, 3.63) is 93.3 Å². The number of nitro benzene ring substituents is 1. The molecule has 158 valence electrons. The van der Waals surface area contributed by atoms with Crippen molar-refractivity contribution >= 4 is 40.4 Å². The van der Waals surface area contributed by atoms with Gasteiger partial charge in [0.2, 0.25) is 0 Å². The van der Waals surface area contributed by atoms with Crippen molar-refractivity contribution in [2.75, 3.05) is 6.61 Å². The molecule has 4 rings (SSSR count). The fraction of sp³-hybridized carbons (Fsp3) is 0.190. The van der Waals surface area contributed by atoms with Gasteiger partial charge in [0.25, 0.3) is 11.2 Å². The maximum absolute atomic E-state index is 13.3. The van der Waals surface area contributed by atoms with Crippen molar-refractivity contribution < 1.29 is 14.5 Å². The second-order valence-corrected chi connectivity index (χ2v) is 8.65. The molecule has 0 saturated heterocycles. The quantitative estimate of drug-likeness (QED) is 0.334. The standard InChI is InChI=1S/C21H17N3O5S2/c1-3-29-20(26)17-12(2)22-21-23(18(17)15-5-4-10-30-15)19(25)16(31-21)11-13-6-8-14(9-7-13)24(27)28/h4-11,18H,3H2,1-2H3/b16-11-. The molecule has 0 radical (unpaired) electrons. The monoisotopic (exact) mass is 455 g/mol. The van der Waals surface area contributed by atoms with Crippen LogP contribution in [0.1, 0.15) is 30.3 Å². The van der Waals surface area contributed by atoms with E-state index in [1.807, 2.05) is 17.5 Å². The summed E-state index contributed by atoms with van der Waals surface area (Å²) in [5.74, 6) is -0.494. The number of non-ortho nitro benzene ring substituents is 1. The van der Waals surface area contributed by atoms with E-state index in [-0.39, 0.29) is 17.9 Å². The molecule has 0 aliphatic carbocycles. The molecule has 1 aliphatic rings. The van der Waals surface area contributed by atoms with Crippen molar-refractivity contribution in [1.82, 2.24) is 4.57 Å². The number of allylic oxidation sites excluding steroid dienone is 1. The van der Waals surface area contributed by atoms with Gasteiger partial charge in [0.05, 0.1) is 27.3 Å². The molecule has 0 fully saturated rings. The zero-order chi connectivity index (χ0) is 22.1. The Kier molecular flexibility index (Phi) is 5.66. The Morgan fingerprint density at radius 2 is 2.06 bits per heavy atom. The van der Waals surface area contributed by atoms with Crippen molar-refractivity contribution in [2.45, 2.75) is 19.9 Å².